The number of nitrogens with zero attached hydrogens (tertiary/aromatic N) is 1. The van der Waals surface area contributed by atoms with Crippen LogP contribution in [0.2, 0.25) is 0 Å². The van der Waals surface area contributed by atoms with E-state index in [9.17, 15) is 0 Å². The van der Waals surface area contributed by atoms with E-state index < -0.39 is 0 Å². The molecule has 1 aromatic heterocycles. The van der Waals surface area contributed by atoms with Crippen molar-refractivity contribution in [1.29, 1.82) is 0 Å². The number of nitrogen functional groups attached to an aromatic ring is 1. The highest BCUT2D eigenvalue weighted by molar-refractivity contribution is 5.53. The van der Waals surface area contributed by atoms with Gasteiger partial charge in [-0.3, -0.25) is 0 Å². The molecule has 3 nitrogen and oxygen atoms in total. The van der Waals surface area contributed by atoms with Crippen LogP contribution >= 0.6 is 0 Å². The molecule has 1 heterocycles. The van der Waals surface area contributed by atoms with Gasteiger partial charge < -0.3 is 11.1 Å². The molecule has 0 atom stereocenters. The first-order chi connectivity index (χ1) is 8.65. The molecule has 1 saturated carbocycles. The fourth-order valence-corrected chi connectivity index (χ4v) is 2.66. The summed E-state index contributed by atoms with van der Waals surface area (Å²) in [5, 5.41) is 3.38. The number of rotatable bonds is 4. The molecule has 2 rings (SSSR count). The Bertz CT molecular complexity index is 381. The molecule has 0 saturated heterocycles. The minimum absolute atomic E-state index is 0.819. The number of hydrogen-bond acceptors (Lipinski definition) is 3. The molecule has 0 aliphatic heterocycles. The van der Waals surface area contributed by atoms with Crippen LogP contribution in [0.4, 0.5) is 11.5 Å². The third-order valence-corrected chi connectivity index (χ3v) is 4.14. The van der Waals surface area contributed by atoms with Crippen LogP contribution < -0.4 is 11.1 Å². The predicted molar refractivity (Wildman–Crippen MR) is 77.6 cm³/mol. The van der Waals surface area contributed by atoms with Crippen LogP contribution in [0, 0.1) is 18.8 Å². The second kappa shape index (κ2) is 6.07. The zero-order valence-corrected chi connectivity index (χ0v) is 11.6. The molecule has 0 unspecified atom stereocenters. The van der Waals surface area contributed by atoms with Crippen molar-refractivity contribution in [2.75, 3.05) is 17.6 Å². The summed E-state index contributed by atoms with van der Waals surface area (Å²) in [5.74, 6) is 2.74. The molecule has 0 aromatic carbocycles. The van der Waals surface area contributed by atoms with E-state index in [1.807, 2.05) is 19.2 Å². The second-order valence-electron chi connectivity index (χ2n) is 5.77. The Balaban J connectivity index is 1.73. The largest absolute Gasteiger partial charge is 0.398 e. The summed E-state index contributed by atoms with van der Waals surface area (Å²) in [6.45, 7) is 5.36. The van der Waals surface area contributed by atoms with Crippen molar-refractivity contribution in [1.82, 2.24) is 4.98 Å². The SMILES string of the molecule is Cc1cnc(NCCC2CCC(C)CC2)cc1N. The monoisotopic (exact) mass is 247 g/mol. The molecule has 0 spiro atoms. The summed E-state index contributed by atoms with van der Waals surface area (Å²) in [5.41, 5.74) is 7.73. The Morgan fingerprint density at radius 2 is 2.06 bits per heavy atom. The van der Waals surface area contributed by atoms with Crippen molar-refractivity contribution in [2.45, 2.75) is 46.0 Å². The molecule has 3 heteroatoms. The lowest BCUT2D eigenvalue weighted by Crippen LogP contribution is -2.16. The van der Waals surface area contributed by atoms with Crippen molar-refractivity contribution in [3.05, 3.63) is 17.8 Å². The lowest BCUT2D eigenvalue weighted by atomic mass is 9.81. The summed E-state index contributed by atoms with van der Waals surface area (Å²) in [6, 6.07) is 1.93. The van der Waals surface area contributed by atoms with Gasteiger partial charge in [-0.25, -0.2) is 4.98 Å². The van der Waals surface area contributed by atoms with Crippen LogP contribution in [-0.4, -0.2) is 11.5 Å². The van der Waals surface area contributed by atoms with Gasteiger partial charge in [0.25, 0.3) is 0 Å². The van der Waals surface area contributed by atoms with E-state index in [-0.39, 0.29) is 0 Å². The van der Waals surface area contributed by atoms with Gasteiger partial charge in [0.15, 0.2) is 0 Å². The second-order valence-corrected chi connectivity index (χ2v) is 5.77. The minimum atomic E-state index is 0.819. The lowest BCUT2D eigenvalue weighted by molar-refractivity contribution is 0.282. The van der Waals surface area contributed by atoms with Gasteiger partial charge in [-0.15, -0.1) is 0 Å². The molecular weight excluding hydrogens is 222 g/mol. The van der Waals surface area contributed by atoms with Gasteiger partial charge in [0, 0.05) is 24.5 Å². The summed E-state index contributed by atoms with van der Waals surface area (Å²) < 4.78 is 0. The van der Waals surface area contributed by atoms with E-state index in [1.165, 1.54) is 32.1 Å². The van der Waals surface area contributed by atoms with Gasteiger partial charge in [0.2, 0.25) is 0 Å². The quantitative estimate of drug-likeness (QED) is 0.854. The van der Waals surface area contributed by atoms with E-state index >= 15 is 0 Å². The number of anilines is 2. The Morgan fingerprint density at radius 3 is 2.72 bits per heavy atom. The molecule has 0 bridgehead atoms. The van der Waals surface area contributed by atoms with Gasteiger partial charge in [0.05, 0.1) is 0 Å². The Morgan fingerprint density at radius 1 is 1.33 bits per heavy atom. The number of aromatic nitrogens is 1. The predicted octanol–water partition coefficient (Wildman–Crippen LogP) is 3.60. The summed E-state index contributed by atoms with van der Waals surface area (Å²) >= 11 is 0. The van der Waals surface area contributed by atoms with Gasteiger partial charge in [-0.1, -0.05) is 32.6 Å². The molecule has 100 valence electrons. The molecule has 3 N–H and O–H groups in total. The molecular formula is C15H25N3. The third kappa shape index (κ3) is 3.62. The maximum atomic E-state index is 5.87. The number of pyridine rings is 1. The van der Waals surface area contributed by atoms with Crippen LogP contribution in [0.5, 0.6) is 0 Å². The van der Waals surface area contributed by atoms with E-state index in [0.717, 1.165) is 35.4 Å². The molecule has 1 aromatic rings. The Labute approximate surface area is 110 Å². The standard InChI is InChI=1S/C15H25N3/c1-11-3-5-13(6-4-11)7-8-17-15-9-14(16)12(2)10-18-15/h9-11,13H,3-8H2,1-2H3,(H3,16,17,18). The van der Waals surface area contributed by atoms with Crippen molar-refractivity contribution in [3.8, 4) is 0 Å². The average Bonchev–Trinajstić information content (AvgIpc) is 2.36. The Hall–Kier alpha value is -1.25. The first-order valence-corrected chi connectivity index (χ1v) is 7.11. The maximum Gasteiger partial charge on any atom is 0.127 e. The lowest BCUT2D eigenvalue weighted by Gasteiger charge is -2.26. The fraction of sp³-hybridized carbons (Fsp3) is 0.667. The fourth-order valence-electron chi connectivity index (χ4n) is 2.66. The molecule has 1 aliphatic rings. The van der Waals surface area contributed by atoms with Gasteiger partial charge in [-0.05, 0) is 30.7 Å². The number of nitrogens with one attached hydrogen (secondary N) is 1. The first-order valence-electron chi connectivity index (χ1n) is 7.11. The highest BCUT2D eigenvalue weighted by Gasteiger charge is 2.17. The maximum absolute atomic E-state index is 5.87. The zero-order chi connectivity index (χ0) is 13.0. The smallest absolute Gasteiger partial charge is 0.127 e. The number of aryl methyl sites for hydroxylation is 1. The summed E-state index contributed by atoms with van der Waals surface area (Å²) in [4.78, 5) is 4.34. The molecule has 1 fully saturated rings. The normalized spacial score (nSPS) is 23.9. The molecule has 0 radical (unpaired) electrons. The van der Waals surface area contributed by atoms with Gasteiger partial charge >= 0.3 is 0 Å². The van der Waals surface area contributed by atoms with E-state index in [2.05, 4.69) is 17.2 Å². The van der Waals surface area contributed by atoms with Crippen molar-refractivity contribution in [3.63, 3.8) is 0 Å². The molecule has 18 heavy (non-hydrogen) atoms. The zero-order valence-electron chi connectivity index (χ0n) is 11.6. The number of hydrogen-bond donors (Lipinski definition) is 2. The van der Waals surface area contributed by atoms with Crippen molar-refractivity contribution >= 4 is 11.5 Å². The van der Waals surface area contributed by atoms with Crippen molar-refractivity contribution in [2.24, 2.45) is 11.8 Å². The summed E-state index contributed by atoms with van der Waals surface area (Å²) in [7, 11) is 0. The van der Waals surface area contributed by atoms with E-state index in [0.29, 0.717) is 0 Å². The van der Waals surface area contributed by atoms with E-state index in [1.54, 1.807) is 0 Å². The van der Waals surface area contributed by atoms with Gasteiger partial charge in [0.1, 0.15) is 5.82 Å². The summed E-state index contributed by atoms with van der Waals surface area (Å²) in [6.07, 6.45) is 8.68. The Kier molecular flexibility index (Phi) is 4.45. The van der Waals surface area contributed by atoms with Crippen LogP contribution in [-0.2, 0) is 0 Å². The molecule has 1 aliphatic carbocycles. The van der Waals surface area contributed by atoms with Crippen LogP contribution in [0.3, 0.4) is 0 Å². The van der Waals surface area contributed by atoms with Crippen LogP contribution in [0.15, 0.2) is 12.3 Å². The minimum Gasteiger partial charge on any atom is -0.398 e. The topological polar surface area (TPSA) is 50.9 Å². The molecule has 0 amide bonds. The van der Waals surface area contributed by atoms with Gasteiger partial charge in [-0.2, -0.15) is 0 Å². The third-order valence-electron chi connectivity index (χ3n) is 4.14. The average molecular weight is 247 g/mol. The van der Waals surface area contributed by atoms with E-state index in [4.69, 9.17) is 5.73 Å². The van der Waals surface area contributed by atoms with Crippen LogP contribution in [0.1, 0.15) is 44.6 Å². The van der Waals surface area contributed by atoms with Crippen molar-refractivity contribution < 1.29 is 0 Å². The first kappa shape index (κ1) is 13.2. The van der Waals surface area contributed by atoms with Crippen LogP contribution in [0.25, 0.3) is 0 Å². The number of nitrogens with two attached hydrogens (primary N) is 1. The highest BCUT2D eigenvalue weighted by Crippen LogP contribution is 2.30. The highest BCUT2D eigenvalue weighted by atomic mass is 15.0.